The Kier molecular flexibility index (Phi) is 4.78. The van der Waals surface area contributed by atoms with Crippen LogP contribution in [0.4, 0.5) is 0 Å². The minimum atomic E-state index is -0.679. The number of hydrogen-bond donors (Lipinski definition) is 0. The molecule has 7 heteroatoms. The molecule has 1 saturated heterocycles. The van der Waals surface area contributed by atoms with Crippen molar-refractivity contribution in [2.45, 2.75) is 17.8 Å². The molecule has 1 aliphatic heterocycles. The van der Waals surface area contributed by atoms with E-state index in [1.54, 1.807) is 6.07 Å². The van der Waals surface area contributed by atoms with Crippen LogP contribution in [0.1, 0.15) is 16.8 Å². The maximum atomic E-state index is 12.5. The number of nitrogens with zero attached hydrogens (tertiary/aromatic N) is 1. The number of esters is 1. The number of hydrogen-bond acceptors (Lipinski definition) is 3. The molecule has 20 heavy (non-hydrogen) atoms. The van der Waals surface area contributed by atoms with Crippen LogP contribution in [0.5, 0.6) is 0 Å². The molecule has 0 aliphatic carbocycles. The number of methoxy groups -OCH3 is 1. The van der Waals surface area contributed by atoms with Gasteiger partial charge in [-0.15, -0.1) is 11.6 Å². The van der Waals surface area contributed by atoms with E-state index in [1.165, 1.54) is 24.1 Å². The van der Waals surface area contributed by atoms with Crippen LogP contribution in [0.25, 0.3) is 0 Å². The Bertz CT molecular complexity index is 550. The molecule has 108 valence electrons. The second kappa shape index (κ2) is 6.20. The van der Waals surface area contributed by atoms with Crippen LogP contribution in [0.2, 0.25) is 10.0 Å². The molecule has 1 fully saturated rings. The molecule has 1 aromatic rings. The number of benzene rings is 1. The smallest absolute Gasteiger partial charge is 0.328 e. The molecule has 1 aliphatic rings. The van der Waals surface area contributed by atoms with Crippen LogP contribution in [0.15, 0.2) is 18.2 Å². The van der Waals surface area contributed by atoms with Gasteiger partial charge in [-0.25, -0.2) is 4.79 Å². The van der Waals surface area contributed by atoms with E-state index in [9.17, 15) is 9.59 Å². The van der Waals surface area contributed by atoms with Crippen LogP contribution >= 0.6 is 34.8 Å². The van der Waals surface area contributed by atoms with Gasteiger partial charge in [-0.3, -0.25) is 4.79 Å². The molecule has 4 nitrogen and oxygen atoms in total. The molecule has 1 heterocycles. The van der Waals surface area contributed by atoms with E-state index in [0.29, 0.717) is 11.4 Å². The van der Waals surface area contributed by atoms with Gasteiger partial charge in [0.25, 0.3) is 5.91 Å². The van der Waals surface area contributed by atoms with Gasteiger partial charge in [-0.2, -0.15) is 0 Å². The van der Waals surface area contributed by atoms with Crippen LogP contribution in [0.3, 0.4) is 0 Å². The van der Waals surface area contributed by atoms with E-state index in [-0.39, 0.29) is 28.4 Å². The van der Waals surface area contributed by atoms with E-state index < -0.39 is 12.0 Å². The summed E-state index contributed by atoms with van der Waals surface area (Å²) < 4.78 is 4.70. The first-order chi connectivity index (χ1) is 9.43. The second-order valence-electron chi connectivity index (χ2n) is 4.45. The lowest BCUT2D eigenvalue weighted by Gasteiger charge is -2.23. The highest BCUT2D eigenvalue weighted by atomic mass is 35.5. The van der Waals surface area contributed by atoms with Crippen molar-refractivity contribution in [1.29, 1.82) is 0 Å². The van der Waals surface area contributed by atoms with Crippen LogP contribution in [-0.2, 0) is 9.53 Å². The van der Waals surface area contributed by atoms with E-state index >= 15 is 0 Å². The molecular weight excluding hydrogens is 325 g/mol. The number of carbonyl (C=O) groups is 2. The Morgan fingerprint density at radius 1 is 1.35 bits per heavy atom. The zero-order chi connectivity index (χ0) is 14.9. The summed E-state index contributed by atoms with van der Waals surface area (Å²) in [5.41, 5.74) is 0.288. The standard InChI is InChI=1S/C13H12Cl3NO3/c1-20-13(19)11-5-8(15)6-17(11)12(18)9-3-2-7(14)4-10(9)16/h2-4,8,11H,5-6H2,1H3/t8-,11+/m0/s1. The maximum Gasteiger partial charge on any atom is 0.328 e. The van der Waals surface area contributed by atoms with Crippen molar-refractivity contribution in [3.05, 3.63) is 33.8 Å². The molecule has 1 aromatic carbocycles. The van der Waals surface area contributed by atoms with Crippen LogP contribution in [-0.4, -0.2) is 41.8 Å². The lowest BCUT2D eigenvalue weighted by atomic mass is 10.1. The Balaban J connectivity index is 2.29. The van der Waals surface area contributed by atoms with Gasteiger partial charge >= 0.3 is 5.97 Å². The van der Waals surface area contributed by atoms with Gasteiger partial charge in [0.2, 0.25) is 0 Å². The van der Waals surface area contributed by atoms with Crippen molar-refractivity contribution in [2.24, 2.45) is 0 Å². The highest BCUT2D eigenvalue weighted by Gasteiger charge is 2.40. The van der Waals surface area contributed by atoms with E-state index in [2.05, 4.69) is 0 Å². The fourth-order valence-corrected chi connectivity index (χ4v) is 2.99. The van der Waals surface area contributed by atoms with Gasteiger partial charge in [-0.1, -0.05) is 23.2 Å². The van der Waals surface area contributed by atoms with E-state index in [0.717, 1.165) is 0 Å². The average molecular weight is 337 g/mol. The number of rotatable bonds is 2. The first-order valence-electron chi connectivity index (χ1n) is 5.92. The van der Waals surface area contributed by atoms with Gasteiger partial charge in [0.1, 0.15) is 6.04 Å². The van der Waals surface area contributed by atoms with Gasteiger partial charge in [0.05, 0.1) is 23.1 Å². The van der Waals surface area contributed by atoms with Crippen molar-refractivity contribution in [3.63, 3.8) is 0 Å². The summed E-state index contributed by atoms with van der Waals surface area (Å²) in [5.74, 6) is -0.836. The Morgan fingerprint density at radius 3 is 2.65 bits per heavy atom. The molecule has 0 radical (unpaired) electrons. The number of carbonyl (C=O) groups excluding carboxylic acids is 2. The monoisotopic (exact) mass is 335 g/mol. The molecule has 0 bridgehead atoms. The third-order valence-corrected chi connectivity index (χ3v) is 4.01. The SMILES string of the molecule is COC(=O)[C@H]1C[C@H](Cl)CN1C(=O)c1ccc(Cl)cc1Cl. The quantitative estimate of drug-likeness (QED) is 0.616. The molecule has 1 amide bonds. The third kappa shape index (κ3) is 3.03. The summed E-state index contributed by atoms with van der Waals surface area (Å²) in [6.07, 6.45) is 0.366. The Hall–Kier alpha value is -0.970. The van der Waals surface area contributed by atoms with Crippen LogP contribution < -0.4 is 0 Å². The van der Waals surface area contributed by atoms with Crippen molar-refractivity contribution in [1.82, 2.24) is 4.90 Å². The zero-order valence-corrected chi connectivity index (χ0v) is 12.9. The maximum absolute atomic E-state index is 12.5. The van der Waals surface area contributed by atoms with Gasteiger partial charge in [-0.05, 0) is 24.6 Å². The van der Waals surface area contributed by atoms with Crippen molar-refractivity contribution in [3.8, 4) is 0 Å². The Labute approximate surface area is 131 Å². The van der Waals surface area contributed by atoms with Gasteiger partial charge < -0.3 is 9.64 Å². The number of ether oxygens (including phenoxy) is 1. The second-order valence-corrected chi connectivity index (χ2v) is 5.91. The number of alkyl halides is 1. The van der Waals surface area contributed by atoms with E-state index in [4.69, 9.17) is 39.5 Å². The first-order valence-corrected chi connectivity index (χ1v) is 7.11. The summed E-state index contributed by atoms with van der Waals surface area (Å²) in [6, 6.07) is 3.91. The minimum Gasteiger partial charge on any atom is -0.467 e. The lowest BCUT2D eigenvalue weighted by molar-refractivity contribution is -0.145. The fraction of sp³-hybridized carbons (Fsp3) is 0.385. The third-order valence-electron chi connectivity index (χ3n) is 3.15. The largest absolute Gasteiger partial charge is 0.467 e. The van der Waals surface area contributed by atoms with Crippen molar-refractivity contribution < 1.29 is 14.3 Å². The highest BCUT2D eigenvalue weighted by molar-refractivity contribution is 6.36. The predicted molar refractivity (Wildman–Crippen MR) is 77.6 cm³/mol. The zero-order valence-electron chi connectivity index (χ0n) is 10.6. The molecule has 0 saturated carbocycles. The summed E-state index contributed by atoms with van der Waals surface area (Å²) in [6.45, 7) is 0.277. The molecule has 0 N–H and O–H groups in total. The lowest BCUT2D eigenvalue weighted by Crippen LogP contribution is -2.41. The van der Waals surface area contributed by atoms with E-state index in [1.807, 2.05) is 0 Å². The minimum absolute atomic E-state index is 0.240. The molecule has 0 unspecified atom stereocenters. The molecule has 2 rings (SSSR count). The van der Waals surface area contributed by atoms with Crippen molar-refractivity contribution >= 4 is 46.7 Å². The molecule has 0 spiro atoms. The summed E-state index contributed by atoms with van der Waals surface area (Å²) >= 11 is 17.9. The average Bonchev–Trinajstić information content (AvgIpc) is 2.79. The summed E-state index contributed by atoms with van der Waals surface area (Å²) in [5, 5.41) is 0.394. The van der Waals surface area contributed by atoms with Gasteiger partial charge in [0, 0.05) is 11.6 Å². The van der Waals surface area contributed by atoms with Gasteiger partial charge in [0.15, 0.2) is 0 Å². The normalized spacial score (nSPS) is 21.9. The van der Waals surface area contributed by atoms with Crippen LogP contribution in [0, 0.1) is 0 Å². The highest BCUT2D eigenvalue weighted by Crippen LogP contribution is 2.28. The molecular formula is C13H12Cl3NO3. The molecule has 0 aromatic heterocycles. The van der Waals surface area contributed by atoms with Crippen molar-refractivity contribution in [2.75, 3.05) is 13.7 Å². The first kappa shape index (κ1) is 15.4. The molecule has 2 atom stereocenters. The Morgan fingerprint density at radius 2 is 2.05 bits per heavy atom. The topological polar surface area (TPSA) is 46.6 Å². The fourth-order valence-electron chi connectivity index (χ4n) is 2.19. The summed E-state index contributed by atoms with van der Waals surface area (Å²) in [7, 11) is 1.28. The number of likely N-dealkylation sites (tertiary alicyclic amines) is 1. The number of halogens is 3. The predicted octanol–water partition coefficient (Wildman–Crippen LogP) is 2.99. The number of amides is 1. The summed E-state index contributed by atoms with van der Waals surface area (Å²) in [4.78, 5) is 25.6.